The highest BCUT2D eigenvalue weighted by Crippen LogP contribution is 2.26. The van der Waals surface area contributed by atoms with Crippen molar-refractivity contribution < 1.29 is 13.9 Å². The van der Waals surface area contributed by atoms with Gasteiger partial charge in [-0.25, -0.2) is 4.39 Å². The Balaban J connectivity index is 1.48. The van der Waals surface area contributed by atoms with Gasteiger partial charge in [-0.2, -0.15) is 5.10 Å². The summed E-state index contributed by atoms with van der Waals surface area (Å²) in [5.41, 5.74) is 0.843. The van der Waals surface area contributed by atoms with Crippen LogP contribution in [0.2, 0.25) is 0 Å². The molecule has 3 aromatic rings. The lowest BCUT2D eigenvalue weighted by Crippen LogP contribution is -2.18. The van der Waals surface area contributed by atoms with Gasteiger partial charge >= 0.3 is 0 Å². The van der Waals surface area contributed by atoms with Gasteiger partial charge < -0.3 is 10.1 Å². The Morgan fingerprint density at radius 2 is 2.27 bits per heavy atom. The van der Waals surface area contributed by atoms with E-state index in [0.29, 0.717) is 27.7 Å². The Hall–Kier alpha value is -2.24. The Morgan fingerprint density at radius 3 is 2.97 bits per heavy atom. The first-order valence-electron chi connectivity index (χ1n) is 9.42. The molecule has 11 heteroatoms. The van der Waals surface area contributed by atoms with Crippen molar-refractivity contribution in [3.8, 4) is 11.5 Å². The van der Waals surface area contributed by atoms with Gasteiger partial charge in [-0.05, 0) is 37.1 Å². The second kappa shape index (κ2) is 9.27. The van der Waals surface area contributed by atoms with Gasteiger partial charge in [0, 0.05) is 24.3 Å². The number of aryl methyl sites for hydroxylation is 1. The standard InChI is InChI=1S/C19H20BrFN6O2S/c1-26-7-6-16(25-26)18-23-24-19(27(18)10-13-3-2-8-29-13)30-11-17(28)22-15-5-4-12(20)9-14(15)21/h4-7,9,13H,2-3,8,10-11H2,1H3,(H,22,28)/t13-/m0/s1. The van der Waals surface area contributed by atoms with Crippen molar-refractivity contribution >= 4 is 39.3 Å². The second-order valence-electron chi connectivity index (χ2n) is 6.89. The molecule has 4 rings (SSSR count). The molecule has 1 amide bonds. The van der Waals surface area contributed by atoms with Gasteiger partial charge in [0.05, 0.1) is 24.1 Å². The molecule has 1 aliphatic heterocycles. The predicted octanol–water partition coefficient (Wildman–Crippen LogP) is 3.49. The monoisotopic (exact) mass is 494 g/mol. The highest BCUT2D eigenvalue weighted by molar-refractivity contribution is 9.10. The molecule has 1 saturated heterocycles. The third-order valence-electron chi connectivity index (χ3n) is 4.61. The molecule has 1 aliphatic rings. The maximum Gasteiger partial charge on any atom is 0.234 e. The molecule has 0 unspecified atom stereocenters. The van der Waals surface area contributed by atoms with Crippen molar-refractivity contribution in [3.05, 3.63) is 40.8 Å². The van der Waals surface area contributed by atoms with Gasteiger partial charge in [0.1, 0.15) is 11.5 Å². The number of hydrogen-bond donors (Lipinski definition) is 1. The molecule has 1 fully saturated rings. The molecule has 30 heavy (non-hydrogen) atoms. The number of carbonyl (C=O) groups excluding carboxylic acids is 1. The molecular formula is C19H20BrFN6O2S. The van der Waals surface area contributed by atoms with E-state index in [1.165, 1.54) is 23.9 Å². The first-order chi connectivity index (χ1) is 14.5. The fourth-order valence-corrected chi connectivity index (χ4v) is 4.26. The molecule has 0 radical (unpaired) electrons. The third kappa shape index (κ3) is 4.90. The Morgan fingerprint density at radius 1 is 1.40 bits per heavy atom. The van der Waals surface area contributed by atoms with Crippen LogP contribution in [0.4, 0.5) is 10.1 Å². The minimum Gasteiger partial charge on any atom is -0.376 e. The van der Waals surface area contributed by atoms with E-state index in [2.05, 4.69) is 36.5 Å². The van der Waals surface area contributed by atoms with E-state index in [4.69, 9.17) is 4.74 Å². The first-order valence-corrected chi connectivity index (χ1v) is 11.2. The zero-order valence-electron chi connectivity index (χ0n) is 16.2. The van der Waals surface area contributed by atoms with Crippen molar-refractivity contribution in [3.63, 3.8) is 0 Å². The van der Waals surface area contributed by atoms with Crippen molar-refractivity contribution in [1.29, 1.82) is 0 Å². The minimum atomic E-state index is -0.498. The number of halogens is 2. The van der Waals surface area contributed by atoms with Crippen LogP contribution < -0.4 is 5.32 Å². The third-order valence-corrected chi connectivity index (χ3v) is 6.07. The predicted molar refractivity (Wildman–Crippen MR) is 115 cm³/mol. The average molecular weight is 495 g/mol. The van der Waals surface area contributed by atoms with Crippen LogP contribution in [0.5, 0.6) is 0 Å². The number of hydrogen-bond acceptors (Lipinski definition) is 6. The van der Waals surface area contributed by atoms with E-state index in [1.54, 1.807) is 10.7 Å². The lowest BCUT2D eigenvalue weighted by atomic mass is 10.2. The zero-order chi connectivity index (χ0) is 21.1. The molecule has 0 spiro atoms. The summed E-state index contributed by atoms with van der Waals surface area (Å²) in [5, 5.41) is 16.2. The van der Waals surface area contributed by atoms with E-state index in [0.717, 1.165) is 19.4 Å². The minimum absolute atomic E-state index is 0.0708. The van der Waals surface area contributed by atoms with Gasteiger partial charge in [0.25, 0.3) is 0 Å². The molecule has 0 aliphatic carbocycles. The fourth-order valence-electron chi connectivity index (χ4n) is 3.18. The smallest absolute Gasteiger partial charge is 0.234 e. The summed E-state index contributed by atoms with van der Waals surface area (Å²) in [6.07, 6.45) is 3.91. The Labute approximate surface area is 185 Å². The summed E-state index contributed by atoms with van der Waals surface area (Å²) in [7, 11) is 1.84. The Bertz CT molecular complexity index is 1050. The summed E-state index contributed by atoms with van der Waals surface area (Å²) in [5.74, 6) is -0.122. The quantitative estimate of drug-likeness (QED) is 0.505. The van der Waals surface area contributed by atoms with E-state index in [-0.39, 0.29) is 23.5 Å². The van der Waals surface area contributed by atoms with Crippen LogP contribution in [0.3, 0.4) is 0 Å². The molecule has 158 valence electrons. The van der Waals surface area contributed by atoms with Crippen molar-refractivity contribution in [1.82, 2.24) is 24.5 Å². The van der Waals surface area contributed by atoms with Crippen LogP contribution in [-0.4, -0.2) is 48.9 Å². The molecule has 1 N–H and O–H groups in total. The number of amides is 1. The van der Waals surface area contributed by atoms with Crippen LogP contribution in [0, 0.1) is 5.82 Å². The summed E-state index contributed by atoms with van der Waals surface area (Å²) >= 11 is 4.44. The molecular weight excluding hydrogens is 475 g/mol. The zero-order valence-corrected chi connectivity index (χ0v) is 18.6. The fraction of sp³-hybridized carbons (Fsp3) is 0.368. The number of benzene rings is 1. The molecule has 0 bridgehead atoms. The lowest BCUT2D eigenvalue weighted by molar-refractivity contribution is -0.113. The van der Waals surface area contributed by atoms with Crippen LogP contribution in [0.15, 0.2) is 40.1 Å². The van der Waals surface area contributed by atoms with Crippen LogP contribution in [0.1, 0.15) is 12.8 Å². The summed E-state index contributed by atoms with van der Waals surface area (Å²) in [4.78, 5) is 12.4. The van der Waals surface area contributed by atoms with Crippen molar-refractivity contribution in [2.24, 2.45) is 7.05 Å². The number of nitrogens with zero attached hydrogens (tertiary/aromatic N) is 5. The van der Waals surface area contributed by atoms with E-state index in [1.807, 2.05) is 23.9 Å². The summed E-state index contributed by atoms with van der Waals surface area (Å²) in [6, 6.07) is 6.36. The average Bonchev–Trinajstić information content (AvgIpc) is 3.45. The van der Waals surface area contributed by atoms with Gasteiger partial charge in [-0.15, -0.1) is 10.2 Å². The number of nitrogens with one attached hydrogen (secondary N) is 1. The summed E-state index contributed by atoms with van der Waals surface area (Å²) in [6.45, 7) is 1.33. The summed E-state index contributed by atoms with van der Waals surface area (Å²) < 4.78 is 24.0. The number of ether oxygens (including phenoxy) is 1. The molecule has 2 aromatic heterocycles. The van der Waals surface area contributed by atoms with Gasteiger partial charge in [0.15, 0.2) is 11.0 Å². The number of aromatic nitrogens is 5. The normalized spacial score (nSPS) is 16.2. The molecule has 1 aromatic carbocycles. The largest absolute Gasteiger partial charge is 0.376 e. The van der Waals surface area contributed by atoms with Gasteiger partial charge in [-0.1, -0.05) is 27.7 Å². The van der Waals surface area contributed by atoms with Crippen LogP contribution in [-0.2, 0) is 23.1 Å². The molecule has 0 saturated carbocycles. The molecule has 8 nitrogen and oxygen atoms in total. The van der Waals surface area contributed by atoms with Crippen molar-refractivity contribution in [2.45, 2.75) is 30.6 Å². The maximum absolute atomic E-state index is 14.0. The van der Waals surface area contributed by atoms with Crippen molar-refractivity contribution in [2.75, 3.05) is 17.7 Å². The molecule has 3 heterocycles. The number of carbonyl (C=O) groups is 1. The maximum atomic E-state index is 14.0. The first kappa shape index (κ1) is 21.0. The second-order valence-corrected chi connectivity index (χ2v) is 8.75. The van der Waals surface area contributed by atoms with E-state index in [9.17, 15) is 9.18 Å². The number of rotatable bonds is 7. The molecule has 1 atom stereocenters. The van der Waals surface area contributed by atoms with Crippen LogP contribution in [0.25, 0.3) is 11.5 Å². The number of anilines is 1. The highest BCUT2D eigenvalue weighted by Gasteiger charge is 2.23. The highest BCUT2D eigenvalue weighted by atomic mass is 79.9. The number of thioether (sulfide) groups is 1. The van der Waals surface area contributed by atoms with Crippen LogP contribution >= 0.6 is 27.7 Å². The Kier molecular flexibility index (Phi) is 6.49. The van der Waals surface area contributed by atoms with Gasteiger partial charge in [0.2, 0.25) is 5.91 Å². The van der Waals surface area contributed by atoms with E-state index >= 15 is 0 Å². The SMILES string of the molecule is Cn1ccc(-c2nnc(SCC(=O)Nc3ccc(Br)cc3F)n2C[C@@H]2CCCO2)n1. The topological polar surface area (TPSA) is 86.9 Å². The van der Waals surface area contributed by atoms with E-state index < -0.39 is 5.82 Å². The lowest BCUT2D eigenvalue weighted by Gasteiger charge is -2.14. The van der Waals surface area contributed by atoms with Gasteiger partial charge in [-0.3, -0.25) is 14.0 Å².